The van der Waals surface area contributed by atoms with Gasteiger partial charge in [-0.2, -0.15) is 0 Å². The predicted octanol–water partition coefficient (Wildman–Crippen LogP) is 2.54. The Bertz CT molecular complexity index is 669. The highest BCUT2D eigenvalue weighted by atomic mass is 127. The maximum Gasteiger partial charge on any atom is 0.265 e. The van der Waals surface area contributed by atoms with Gasteiger partial charge in [0.05, 0.1) is 5.69 Å². The van der Waals surface area contributed by atoms with E-state index >= 15 is 0 Å². The molecule has 0 bridgehead atoms. The van der Waals surface area contributed by atoms with Gasteiger partial charge in [-0.1, -0.05) is 0 Å². The highest BCUT2D eigenvalue weighted by Crippen LogP contribution is 2.28. The van der Waals surface area contributed by atoms with Gasteiger partial charge in [-0.3, -0.25) is 19.4 Å². The van der Waals surface area contributed by atoms with Gasteiger partial charge in [0.25, 0.3) is 11.8 Å². The number of carbonyl (C=O) groups excluding carboxylic acids is 2. The van der Waals surface area contributed by atoms with Crippen LogP contribution >= 0.6 is 57.4 Å². The van der Waals surface area contributed by atoms with E-state index in [1.165, 1.54) is 9.80 Å². The largest absolute Gasteiger partial charge is 0.386 e. The van der Waals surface area contributed by atoms with E-state index in [0.717, 1.165) is 18.4 Å². The number of hydrogen-bond acceptors (Lipinski definition) is 4. The summed E-state index contributed by atoms with van der Waals surface area (Å²) in [6.45, 7) is 0. The van der Waals surface area contributed by atoms with Crippen LogP contribution in [0, 0.1) is 7.14 Å². The lowest BCUT2D eigenvalue weighted by Gasteiger charge is -2.31. The lowest BCUT2D eigenvalue weighted by atomic mass is 10.1. The quantitative estimate of drug-likeness (QED) is 0.271. The second-order valence-corrected chi connectivity index (χ2v) is 7.37. The molecule has 2 amide bonds. The van der Waals surface area contributed by atoms with E-state index in [2.05, 4.69) is 50.5 Å². The number of halogens is 2. The molecule has 0 spiro atoms. The van der Waals surface area contributed by atoms with Crippen LogP contribution in [0.1, 0.15) is 5.56 Å². The molecule has 116 valence electrons. The minimum Gasteiger partial charge on any atom is -0.386 e. The molecule has 0 aromatic heterocycles. The van der Waals surface area contributed by atoms with Crippen LogP contribution in [0.25, 0.3) is 6.08 Å². The van der Waals surface area contributed by atoms with Crippen molar-refractivity contribution < 1.29 is 9.59 Å². The number of carbonyl (C=O) groups is 2. The molecule has 0 radical (unpaired) electrons. The second kappa shape index (κ2) is 6.79. The lowest BCUT2D eigenvalue weighted by molar-refractivity contribution is -0.132. The molecule has 1 N–H and O–H groups in total. The lowest BCUT2D eigenvalue weighted by Crippen LogP contribution is -2.52. The smallest absolute Gasteiger partial charge is 0.265 e. The number of anilines is 1. The molecule has 1 saturated heterocycles. The number of nitrogens with one attached hydrogen (secondary N) is 1. The minimum atomic E-state index is -0.379. The van der Waals surface area contributed by atoms with Crippen LogP contribution in [0.5, 0.6) is 0 Å². The van der Waals surface area contributed by atoms with Crippen molar-refractivity contribution in [1.82, 2.24) is 9.80 Å². The Morgan fingerprint density at radius 2 is 1.55 bits per heavy atom. The highest BCUT2D eigenvalue weighted by molar-refractivity contribution is 14.1. The van der Waals surface area contributed by atoms with Gasteiger partial charge in [0.15, 0.2) is 5.11 Å². The van der Waals surface area contributed by atoms with Crippen LogP contribution in [0.4, 0.5) is 5.69 Å². The van der Waals surface area contributed by atoms with Crippen molar-refractivity contribution in [1.29, 1.82) is 0 Å². The predicted molar refractivity (Wildman–Crippen MR) is 108 cm³/mol. The zero-order valence-electron chi connectivity index (χ0n) is 12.1. The van der Waals surface area contributed by atoms with Crippen LogP contribution in [0.2, 0.25) is 0 Å². The van der Waals surface area contributed by atoms with Crippen molar-refractivity contribution in [2.45, 2.75) is 0 Å². The van der Waals surface area contributed by atoms with Crippen molar-refractivity contribution in [2.24, 2.45) is 0 Å². The van der Waals surface area contributed by atoms with Crippen LogP contribution < -0.4 is 5.32 Å². The van der Waals surface area contributed by atoms with E-state index in [0.29, 0.717) is 0 Å². The molecule has 1 aromatic rings. The number of rotatable bonds is 2. The molecule has 1 aliphatic heterocycles. The average Bonchev–Trinajstić information content (AvgIpc) is 2.47. The van der Waals surface area contributed by atoms with Crippen LogP contribution in [-0.4, -0.2) is 47.9 Å². The summed E-state index contributed by atoms with van der Waals surface area (Å²) < 4.78 is 2.04. The third-order valence-electron chi connectivity index (χ3n) is 3.27. The van der Waals surface area contributed by atoms with Crippen molar-refractivity contribution in [3.8, 4) is 0 Å². The molecular formula is C14H13I2N3O2S. The van der Waals surface area contributed by atoms with Gasteiger partial charge in [-0.05, 0) is 81.2 Å². The Hall–Kier alpha value is -0.750. The molecule has 1 fully saturated rings. The third kappa shape index (κ3) is 3.13. The van der Waals surface area contributed by atoms with Gasteiger partial charge >= 0.3 is 0 Å². The summed E-state index contributed by atoms with van der Waals surface area (Å²) in [5, 5.41) is 3.34. The van der Waals surface area contributed by atoms with E-state index in [1.54, 1.807) is 20.2 Å². The number of benzene rings is 1. The molecule has 22 heavy (non-hydrogen) atoms. The first-order valence-corrected chi connectivity index (χ1v) is 8.83. The maximum absolute atomic E-state index is 12.3. The van der Waals surface area contributed by atoms with E-state index in [4.69, 9.17) is 12.2 Å². The Kier molecular flexibility index (Phi) is 5.43. The monoisotopic (exact) mass is 541 g/mol. The molecule has 1 heterocycles. The fraction of sp³-hybridized carbons (Fsp3) is 0.214. The highest BCUT2D eigenvalue weighted by Gasteiger charge is 2.35. The van der Waals surface area contributed by atoms with Gasteiger partial charge < -0.3 is 5.32 Å². The van der Waals surface area contributed by atoms with Gasteiger partial charge in [0.1, 0.15) is 5.57 Å². The van der Waals surface area contributed by atoms with E-state index < -0.39 is 0 Å². The van der Waals surface area contributed by atoms with Crippen molar-refractivity contribution in [3.05, 3.63) is 30.4 Å². The number of amides is 2. The summed E-state index contributed by atoms with van der Waals surface area (Å²) in [6, 6.07) is 3.85. The maximum atomic E-state index is 12.3. The second-order valence-electron chi connectivity index (χ2n) is 4.68. The molecule has 8 heteroatoms. The average molecular weight is 541 g/mol. The number of nitrogens with zero attached hydrogens (tertiary/aromatic N) is 2. The topological polar surface area (TPSA) is 52.7 Å². The molecule has 1 aromatic carbocycles. The summed E-state index contributed by atoms with van der Waals surface area (Å²) in [7, 11) is 5.00. The Morgan fingerprint density at radius 3 is 1.95 bits per heavy atom. The zero-order chi connectivity index (χ0) is 16.6. The minimum absolute atomic E-state index is 0.113. The molecule has 0 atom stereocenters. The van der Waals surface area contributed by atoms with Crippen molar-refractivity contribution in [2.75, 3.05) is 26.5 Å². The SMILES string of the molecule is CNc1c(I)cc(C=C2C(=O)N(C)C(=S)N(C)C2=O)cc1I. The summed E-state index contributed by atoms with van der Waals surface area (Å²) in [4.78, 5) is 27.2. The number of hydrogen-bond donors (Lipinski definition) is 1. The van der Waals surface area contributed by atoms with Gasteiger partial charge in [-0.15, -0.1) is 0 Å². The normalized spacial score (nSPS) is 15.5. The molecule has 5 nitrogen and oxygen atoms in total. The summed E-state index contributed by atoms with van der Waals surface area (Å²) in [5.41, 5.74) is 1.95. The van der Waals surface area contributed by atoms with Crippen molar-refractivity contribution in [3.63, 3.8) is 0 Å². The zero-order valence-corrected chi connectivity index (χ0v) is 17.2. The molecule has 0 saturated carbocycles. The Morgan fingerprint density at radius 1 is 1.09 bits per heavy atom. The third-order valence-corrected chi connectivity index (χ3v) is 5.52. The molecular weight excluding hydrogens is 528 g/mol. The van der Waals surface area contributed by atoms with E-state index in [1.807, 2.05) is 19.2 Å². The fourth-order valence-corrected chi connectivity index (χ4v) is 4.58. The van der Waals surface area contributed by atoms with Gasteiger partial charge in [0, 0.05) is 28.3 Å². The summed E-state index contributed by atoms with van der Waals surface area (Å²) in [5.74, 6) is -0.758. The molecule has 2 rings (SSSR count). The van der Waals surface area contributed by atoms with Crippen LogP contribution in [0.3, 0.4) is 0 Å². The first-order chi connectivity index (χ1) is 10.3. The van der Waals surface area contributed by atoms with E-state index in [-0.39, 0.29) is 22.5 Å². The Balaban J connectivity index is 2.50. The van der Waals surface area contributed by atoms with Crippen LogP contribution in [0.15, 0.2) is 17.7 Å². The van der Waals surface area contributed by atoms with E-state index in [9.17, 15) is 9.59 Å². The standard InChI is InChI=1S/C14H13I2N3O2S/c1-17-11-9(15)5-7(6-10(11)16)4-8-12(20)18(2)14(22)19(3)13(8)21/h4-6,17H,1-3H3. The number of likely N-dealkylation sites (N-methyl/N-ethyl adjacent to an activating group) is 2. The van der Waals surface area contributed by atoms with Crippen LogP contribution in [-0.2, 0) is 9.59 Å². The molecule has 1 aliphatic rings. The van der Waals surface area contributed by atoms with Gasteiger partial charge in [0.2, 0.25) is 0 Å². The Labute approximate surface area is 161 Å². The summed E-state index contributed by atoms with van der Waals surface area (Å²) in [6.07, 6.45) is 1.61. The first-order valence-electron chi connectivity index (χ1n) is 6.26. The van der Waals surface area contributed by atoms with Crippen molar-refractivity contribution >= 4 is 86.1 Å². The van der Waals surface area contributed by atoms with Gasteiger partial charge in [-0.25, -0.2) is 0 Å². The fourth-order valence-electron chi connectivity index (χ4n) is 2.06. The first kappa shape index (κ1) is 17.6. The number of thiocarbonyl (C=S) groups is 1. The summed E-state index contributed by atoms with van der Waals surface area (Å²) >= 11 is 9.51. The molecule has 0 aliphatic carbocycles. The molecule has 0 unspecified atom stereocenters.